The Labute approximate surface area is 179 Å². The van der Waals surface area contributed by atoms with Gasteiger partial charge in [0.25, 0.3) is 0 Å². The molecule has 0 aliphatic carbocycles. The molecule has 0 saturated carbocycles. The van der Waals surface area contributed by atoms with Crippen molar-refractivity contribution in [1.29, 1.82) is 0 Å². The highest BCUT2D eigenvalue weighted by Gasteiger charge is 2.40. The van der Waals surface area contributed by atoms with Crippen LogP contribution < -0.4 is 0 Å². The second kappa shape index (κ2) is 8.55. The van der Waals surface area contributed by atoms with Crippen molar-refractivity contribution in [3.05, 3.63) is 71.7 Å². The van der Waals surface area contributed by atoms with Gasteiger partial charge >= 0.3 is 12.1 Å². The molecule has 0 aliphatic rings. The molecule has 0 aromatic heterocycles. The van der Waals surface area contributed by atoms with Crippen LogP contribution in [0.4, 0.5) is 17.6 Å². The normalized spacial score (nSPS) is 13.6. The Morgan fingerprint density at radius 1 is 1.11 bits per heavy atom. The summed E-state index contributed by atoms with van der Waals surface area (Å²) in [5.74, 6) is -4.73. The van der Waals surface area contributed by atoms with Crippen molar-refractivity contribution in [3.63, 3.8) is 0 Å². The molecule has 1 atom stereocenters. The average molecular weight is 554 g/mol. The van der Waals surface area contributed by atoms with Crippen LogP contribution in [0.2, 0.25) is 15.1 Å². The molecule has 0 amide bonds. The van der Waals surface area contributed by atoms with E-state index in [1.54, 1.807) is 22.6 Å². The quantitative estimate of drug-likeness (QED) is 0.241. The van der Waals surface area contributed by atoms with Crippen LogP contribution in [0.5, 0.6) is 0 Å². The van der Waals surface area contributed by atoms with Gasteiger partial charge in [0.15, 0.2) is 0 Å². The molecule has 0 saturated heterocycles. The van der Waals surface area contributed by atoms with Crippen molar-refractivity contribution in [2.24, 2.45) is 0 Å². The van der Waals surface area contributed by atoms with Crippen molar-refractivity contribution in [1.82, 2.24) is 0 Å². The fourth-order valence-electron chi connectivity index (χ4n) is 2.21. The Hall–Kier alpha value is -1.03. The van der Waals surface area contributed by atoms with Gasteiger partial charge in [0.2, 0.25) is 0 Å². The maximum atomic E-state index is 14.5. The molecule has 0 radical (unpaired) electrons. The number of carboxylic acids is 1. The Morgan fingerprint density at radius 3 is 2.11 bits per heavy atom. The minimum atomic E-state index is -4.83. The zero-order chi connectivity index (χ0) is 20.5. The minimum Gasteiger partial charge on any atom is -0.478 e. The molecule has 0 aliphatic heterocycles. The van der Waals surface area contributed by atoms with Gasteiger partial charge in [-0.1, -0.05) is 40.9 Å². The number of benzene rings is 2. The summed E-state index contributed by atoms with van der Waals surface area (Å²) in [5, 5.41) is 8.48. The summed E-state index contributed by atoms with van der Waals surface area (Å²) in [6.07, 6.45) is -4.45. The topological polar surface area (TPSA) is 37.3 Å². The summed E-state index contributed by atoms with van der Waals surface area (Å²) in [5.41, 5.74) is -0.658. The summed E-state index contributed by atoms with van der Waals surface area (Å²) < 4.78 is 55.2. The molecule has 144 valence electrons. The van der Waals surface area contributed by atoms with Crippen LogP contribution in [0.15, 0.2) is 36.4 Å². The first-order valence-electron chi connectivity index (χ1n) is 7.03. The predicted molar refractivity (Wildman–Crippen MR) is 105 cm³/mol. The Morgan fingerprint density at radius 2 is 1.67 bits per heavy atom. The van der Waals surface area contributed by atoms with Crippen LogP contribution in [0.1, 0.15) is 27.4 Å². The van der Waals surface area contributed by atoms with Crippen LogP contribution >= 0.6 is 57.4 Å². The number of halogens is 8. The molecular weight excluding hydrogens is 545 g/mol. The molecule has 2 rings (SSSR count). The number of alkyl halides is 3. The number of carbonyl (C=O) groups is 1. The second-order valence-corrected chi connectivity index (χ2v) is 7.69. The van der Waals surface area contributed by atoms with E-state index in [4.69, 9.17) is 39.9 Å². The first kappa shape index (κ1) is 22.3. The van der Waals surface area contributed by atoms with Crippen LogP contribution in [0.25, 0.3) is 5.83 Å². The molecule has 0 heterocycles. The van der Waals surface area contributed by atoms with Gasteiger partial charge in [-0.3, -0.25) is 0 Å². The maximum Gasteiger partial charge on any atom is 0.399 e. The molecule has 2 aromatic carbocycles. The third-order valence-electron chi connectivity index (χ3n) is 3.51. The molecule has 0 fully saturated rings. The SMILES string of the molecule is O=C(O)c1ccc(/C(F)=C/C(c2cc(Cl)c(Cl)c(Cl)c2)C(F)(F)F)cc1I. The lowest BCUT2D eigenvalue weighted by Gasteiger charge is -2.19. The zero-order valence-corrected chi connectivity index (χ0v) is 17.3. The summed E-state index contributed by atoms with van der Waals surface area (Å²) in [4.78, 5) is 11.0. The first-order chi connectivity index (χ1) is 12.4. The fraction of sp³-hybridized carbons (Fsp3) is 0.118. The Kier molecular flexibility index (Phi) is 7.05. The van der Waals surface area contributed by atoms with Crippen LogP contribution in [0.3, 0.4) is 0 Å². The third-order valence-corrected chi connectivity index (χ3v) is 5.60. The summed E-state index contributed by atoms with van der Waals surface area (Å²) >= 11 is 19.0. The number of allylic oxidation sites excluding steroid dienone is 1. The van der Waals surface area contributed by atoms with Gasteiger partial charge in [-0.25, -0.2) is 9.18 Å². The summed E-state index contributed by atoms with van der Waals surface area (Å²) in [6, 6.07) is 5.28. The van der Waals surface area contributed by atoms with E-state index < -0.39 is 23.9 Å². The number of rotatable bonds is 4. The highest BCUT2D eigenvalue weighted by atomic mass is 127. The monoisotopic (exact) mass is 552 g/mol. The highest BCUT2D eigenvalue weighted by molar-refractivity contribution is 14.1. The largest absolute Gasteiger partial charge is 0.478 e. The molecule has 2 aromatic rings. The molecule has 1 unspecified atom stereocenters. The lowest BCUT2D eigenvalue weighted by atomic mass is 9.96. The van der Waals surface area contributed by atoms with Gasteiger partial charge < -0.3 is 5.11 Å². The minimum absolute atomic E-state index is 0.0872. The summed E-state index contributed by atoms with van der Waals surface area (Å²) in [6.45, 7) is 0. The predicted octanol–water partition coefficient (Wildman–Crippen LogP) is 7.61. The van der Waals surface area contributed by atoms with E-state index in [9.17, 15) is 22.4 Å². The summed E-state index contributed by atoms with van der Waals surface area (Å²) in [7, 11) is 0. The lowest BCUT2D eigenvalue weighted by Crippen LogP contribution is -2.19. The molecule has 1 N–H and O–H groups in total. The van der Waals surface area contributed by atoms with Gasteiger partial charge in [0.05, 0.1) is 20.6 Å². The molecule has 0 spiro atoms. The van der Waals surface area contributed by atoms with Gasteiger partial charge in [0.1, 0.15) is 11.7 Å². The van der Waals surface area contributed by atoms with Crippen LogP contribution in [0, 0.1) is 3.57 Å². The zero-order valence-electron chi connectivity index (χ0n) is 12.9. The van der Waals surface area contributed by atoms with Crippen molar-refractivity contribution in [2.75, 3.05) is 0 Å². The Balaban J connectivity index is 2.53. The van der Waals surface area contributed by atoms with E-state index >= 15 is 0 Å². The van der Waals surface area contributed by atoms with Crippen molar-refractivity contribution >= 4 is 69.2 Å². The molecule has 10 heteroatoms. The van der Waals surface area contributed by atoms with Gasteiger partial charge in [-0.15, -0.1) is 0 Å². The number of hydrogen-bond acceptors (Lipinski definition) is 1. The van der Waals surface area contributed by atoms with Gasteiger partial charge in [-0.05, 0) is 58.5 Å². The smallest absolute Gasteiger partial charge is 0.399 e. The average Bonchev–Trinajstić information content (AvgIpc) is 2.55. The van der Waals surface area contributed by atoms with E-state index in [1.807, 2.05) is 0 Å². The lowest BCUT2D eigenvalue weighted by molar-refractivity contribution is -0.139. The standard InChI is InChI=1S/C17H8Cl3F4IO2/c18-11-3-8(4-12(19)15(11)20)10(17(22,23)24)6-13(21)7-1-2-9(16(26)27)14(25)5-7/h1-6,10H,(H,26,27)/b13-6-. The van der Waals surface area contributed by atoms with Gasteiger partial charge in [0, 0.05) is 9.13 Å². The first-order valence-corrected chi connectivity index (χ1v) is 9.24. The molecule has 2 nitrogen and oxygen atoms in total. The Bertz CT molecular complexity index is 906. The number of carboxylic acid groups (broad SMARTS) is 1. The fourth-order valence-corrected chi connectivity index (χ4v) is 3.57. The molecule has 0 bridgehead atoms. The third kappa shape index (κ3) is 5.28. The van der Waals surface area contributed by atoms with Crippen LogP contribution in [-0.4, -0.2) is 17.3 Å². The number of hydrogen-bond donors (Lipinski definition) is 1. The second-order valence-electron chi connectivity index (χ2n) is 5.33. The molecular formula is C17H8Cl3F4IO2. The highest BCUT2D eigenvalue weighted by Crippen LogP contribution is 2.42. The van der Waals surface area contributed by atoms with E-state index in [0.717, 1.165) is 30.3 Å². The van der Waals surface area contributed by atoms with E-state index in [0.29, 0.717) is 6.08 Å². The number of aromatic carboxylic acids is 1. The van der Waals surface area contributed by atoms with E-state index in [1.165, 1.54) is 0 Å². The molecule has 27 heavy (non-hydrogen) atoms. The van der Waals surface area contributed by atoms with E-state index in [-0.39, 0.29) is 35.3 Å². The van der Waals surface area contributed by atoms with E-state index in [2.05, 4.69) is 0 Å². The van der Waals surface area contributed by atoms with Crippen molar-refractivity contribution in [3.8, 4) is 0 Å². The van der Waals surface area contributed by atoms with Crippen LogP contribution in [-0.2, 0) is 0 Å². The van der Waals surface area contributed by atoms with Crippen molar-refractivity contribution < 1.29 is 27.5 Å². The van der Waals surface area contributed by atoms with Gasteiger partial charge in [-0.2, -0.15) is 13.2 Å². The van der Waals surface area contributed by atoms with Crippen molar-refractivity contribution in [2.45, 2.75) is 12.1 Å². The maximum absolute atomic E-state index is 14.5.